The van der Waals surface area contributed by atoms with Crippen molar-refractivity contribution in [3.8, 4) is 0 Å². The van der Waals surface area contributed by atoms with E-state index >= 15 is 0 Å². The number of fused-ring (bicyclic) bond motifs is 1. The molecule has 0 aliphatic rings. The Morgan fingerprint density at radius 3 is 2.55 bits per heavy atom. The Labute approximate surface area is 179 Å². The number of hydrogen-bond donors (Lipinski definition) is 4. The second-order valence-corrected chi connectivity index (χ2v) is 9.34. The maximum atomic E-state index is 9.67. The van der Waals surface area contributed by atoms with E-state index in [2.05, 4.69) is 32.7 Å². The molecule has 2 aromatic heterocycles. The van der Waals surface area contributed by atoms with Crippen molar-refractivity contribution in [1.29, 1.82) is 0 Å². The standard InChI is InChI=1S/C20H27N5O2S2/c1-4-14(10-26)21-19-23-16-15(29-19)17(25-20(2,3)12-27)24-18(22-16)28-11-13-8-6-5-7-9-13/h5-9,14,26-27H,4,10-12H2,1-3H3,(H2,21,22,23,24,25)/t14-/m0/s1. The zero-order valence-corrected chi connectivity index (χ0v) is 18.5. The molecule has 7 nitrogen and oxygen atoms in total. The third kappa shape index (κ3) is 5.79. The normalized spacial score (nSPS) is 12.9. The molecular formula is C20H27N5O2S2. The van der Waals surface area contributed by atoms with E-state index in [-0.39, 0.29) is 19.3 Å². The number of benzene rings is 1. The summed E-state index contributed by atoms with van der Waals surface area (Å²) in [5, 5.41) is 27.0. The van der Waals surface area contributed by atoms with Crippen LogP contribution < -0.4 is 10.6 Å². The lowest BCUT2D eigenvalue weighted by molar-refractivity contribution is 0.234. The van der Waals surface area contributed by atoms with Gasteiger partial charge < -0.3 is 20.8 Å². The highest BCUT2D eigenvalue weighted by Gasteiger charge is 2.22. The minimum absolute atomic E-state index is 0.0304. The van der Waals surface area contributed by atoms with E-state index in [1.807, 2.05) is 39.0 Å². The molecule has 4 N–H and O–H groups in total. The minimum Gasteiger partial charge on any atom is -0.394 e. The Hall–Kier alpha value is -1.94. The van der Waals surface area contributed by atoms with Crippen molar-refractivity contribution >= 4 is 44.4 Å². The van der Waals surface area contributed by atoms with Gasteiger partial charge in [0.15, 0.2) is 21.8 Å². The topological polar surface area (TPSA) is 103 Å². The number of hydrogen-bond acceptors (Lipinski definition) is 9. The van der Waals surface area contributed by atoms with E-state index in [0.717, 1.165) is 16.9 Å². The van der Waals surface area contributed by atoms with Gasteiger partial charge in [0.05, 0.1) is 24.8 Å². The van der Waals surface area contributed by atoms with Gasteiger partial charge in [0.1, 0.15) is 4.70 Å². The summed E-state index contributed by atoms with van der Waals surface area (Å²) < 4.78 is 0.825. The van der Waals surface area contributed by atoms with Gasteiger partial charge in [-0.1, -0.05) is 60.4 Å². The fourth-order valence-electron chi connectivity index (χ4n) is 2.55. The van der Waals surface area contributed by atoms with Gasteiger partial charge in [-0.3, -0.25) is 0 Å². The molecule has 0 radical (unpaired) electrons. The predicted molar refractivity (Wildman–Crippen MR) is 121 cm³/mol. The van der Waals surface area contributed by atoms with E-state index in [9.17, 15) is 10.2 Å². The number of aliphatic hydroxyl groups excluding tert-OH is 2. The molecule has 0 spiro atoms. The summed E-state index contributed by atoms with van der Waals surface area (Å²) in [6.45, 7) is 5.85. The number of thioether (sulfide) groups is 1. The van der Waals surface area contributed by atoms with E-state index in [1.54, 1.807) is 11.8 Å². The molecule has 0 amide bonds. The first-order chi connectivity index (χ1) is 13.9. The SMILES string of the molecule is CC[C@@H](CO)Nc1nc2nc(SCc3ccccc3)nc(NC(C)(C)CO)c2s1. The number of nitrogens with zero attached hydrogens (tertiary/aromatic N) is 3. The zero-order valence-electron chi connectivity index (χ0n) is 16.8. The van der Waals surface area contributed by atoms with Crippen molar-refractivity contribution in [3.63, 3.8) is 0 Å². The summed E-state index contributed by atoms with van der Waals surface area (Å²) in [5.41, 5.74) is 1.27. The van der Waals surface area contributed by atoms with Crippen LogP contribution in [0.2, 0.25) is 0 Å². The number of rotatable bonds is 10. The van der Waals surface area contributed by atoms with E-state index in [0.29, 0.717) is 21.8 Å². The highest BCUT2D eigenvalue weighted by Crippen LogP contribution is 2.34. The van der Waals surface area contributed by atoms with Crippen molar-refractivity contribution in [1.82, 2.24) is 15.0 Å². The lowest BCUT2D eigenvalue weighted by Crippen LogP contribution is -2.35. The molecular weight excluding hydrogens is 406 g/mol. The summed E-state index contributed by atoms with van der Waals surface area (Å²) in [4.78, 5) is 13.9. The van der Waals surface area contributed by atoms with Crippen LogP contribution in [0.5, 0.6) is 0 Å². The number of anilines is 2. The highest BCUT2D eigenvalue weighted by molar-refractivity contribution is 7.98. The molecule has 156 valence electrons. The Morgan fingerprint density at radius 1 is 1.14 bits per heavy atom. The first-order valence-electron chi connectivity index (χ1n) is 9.56. The van der Waals surface area contributed by atoms with E-state index in [1.165, 1.54) is 16.9 Å². The Morgan fingerprint density at radius 2 is 1.90 bits per heavy atom. The second-order valence-electron chi connectivity index (χ2n) is 7.40. The third-order valence-electron chi connectivity index (χ3n) is 4.34. The van der Waals surface area contributed by atoms with Gasteiger partial charge >= 0.3 is 0 Å². The predicted octanol–water partition coefficient (Wildman–Crippen LogP) is 3.74. The Kier molecular flexibility index (Phi) is 7.28. The lowest BCUT2D eigenvalue weighted by atomic mass is 10.1. The van der Waals surface area contributed by atoms with Crippen molar-refractivity contribution in [2.45, 2.75) is 49.7 Å². The molecule has 1 aromatic carbocycles. The fraction of sp³-hybridized carbons (Fsp3) is 0.450. The molecule has 9 heteroatoms. The third-order valence-corrected chi connectivity index (χ3v) is 6.24. The van der Waals surface area contributed by atoms with Crippen LogP contribution >= 0.6 is 23.1 Å². The molecule has 2 heterocycles. The van der Waals surface area contributed by atoms with Crippen LogP contribution in [0.3, 0.4) is 0 Å². The summed E-state index contributed by atoms with van der Waals surface area (Å²) in [5.74, 6) is 1.42. The smallest absolute Gasteiger partial charge is 0.191 e. The van der Waals surface area contributed by atoms with Crippen LogP contribution in [0.25, 0.3) is 10.3 Å². The minimum atomic E-state index is -0.530. The first kappa shape index (κ1) is 21.8. The van der Waals surface area contributed by atoms with Gasteiger partial charge in [0.2, 0.25) is 0 Å². The summed E-state index contributed by atoms with van der Waals surface area (Å²) in [7, 11) is 0. The lowest BCUT2D eigenvalue weighted by Gasteiger charge is -2.24. The van der Waals surface area contributed by atoms with Crippen LogP contribution in [0, 0.1) is 0 Å². The van der Waals surface area contributed by atoms with Gasteiger partial charge in [-0.2, -0.15) is 4.98 Å². The Bertz CT molecular complexity index is 929. The van der Waals surface area contributed by atoms with Gasteiger partial charge in [-0.25, -0.2) is 9.97 Å². The van der Waals surface area contributed by atoms with Crippen LogP contribution in [-0.2, 0) is 5.75 Å². The summed E-state index contributed by atoms with van der Waals surface area (Å²) in [6, 6.07) is 10.1. The van der Waals surface area contributed by atoms with Crippen LogP contribution in [0.15, 0.2) is 35.5 Å². The number of aliphatic hydroxyl groups is 2. The van der Waals surface area contributed by atoms with Crippen LogP contribution in [0.1, 0.15) is 32.8 Å². The Balaban J connectivity index is 1.92. The van der Waals surface area contributed by atoms with Gasteiger partial charge in [0, 0.05) is 5.75 Å². The van der Waals surface area contributed by atoms with Gasteiger partial charge in [-0.05, 0) is 25.8 Å². The molecule has 0 saturated heterocycles. The highest BCUT2D eigenvalue weighted by atomic mass is 32.2. The average molecular weight is 434 g/mol. The molecule has 29 heavy (non-hydrogen) atoms. The van der Waals surface area contributed by atoms with Crippen molar-refractivity contribution < 1.29 is 10.2 Å². The fourth-order valence-corrected chi connectivity index (χ4v) is 4.27. The van der Waals surface area contributed by atoms with Crippen LogP contribution in [0.4, 0.5) is 10.9 Å². The molecule has 0 aliphatic carbocycles. The first-order valence-corrected chi connectivity index (χ1v) is 11.4. The number of nitrogens with one attached hydrogen (secondary N) is 2. The van der Waals surface area contributed by atoms with Crippen molar-refractivity contribution in [3.05, 3.63) is 35.9 Å². The van der Waals surface area contributed by atoms with Crippen LogP contribution in [-0.4, -0.2) is 50.0 Å². The maximum Gasteiger partial charge on any atom is 0.191 e. The molecule has 3 rings (SSSR count). The summed E-state index contributed by atoms with van der Waals surface area (Å²) >= 11 is 2.99. The number of thiazole rings is 1. The summed E-state index contributed by atoms with van der Waals surface area (Å²) in [6.07, 6.45) is 0.791. The van der Waals surface area contributed by atoms with Crippen molar-refractivity contribution in [2.75, 3.05) is 23.8 Å². The monoisotopic (exact) mass is 433 g/mol. The van der Waals surface area contributed by atoms with Gasteiger partial charge in [0.25, 0.3) is 0 Å². The quantitative estimate of drug-likeness (QED) is 0.283. The molecule has 1 atom stereocenters. The molecule has 0 bridgehead atoms. The molecule has 0 fully saturated rings. The average Bonchev–Trinajstić information content (AvgIpc) is 3.14. The maximum absolute atomic E-state index is 9.67. The molecule has 0 saturated carbocycles. The molecule has 0 aliphatic heterocycles. The largest absolute Gasteiger partial charge is 0.394 e. The second kappa shape index (κ2) is 9.71. The van der Waals surface area contributed by atoms with E-state index < -0.39 is 5.54 Å². The van der Waals surface area contributed by atoms with Gasteiger partial charge in [-0.15, -0.1) is 0 Å². The zero-order chi connectivity index (χ0) is 20.9. The molecule has 3 aromatic rings. The van der Waals surface area contributed by atoms with Crippen molar-refractivity contribution in [2.24, 2.45) is 0 Å². The molecule has 0 unspecified atom stereocenters. The number of aromatic nitrogens is 3. The van der Waals surface area contributed by atoms with E-state index in [4.69, 9.17) is 4.98 Å².